The molecule has 1 saturated heterocycles. The average molecular weight is 214 g/mol. The normalized spacial score (nSPS) is 29.0. The van der Waals surface area contributed by atoms with Gasteiger partial charge in [0.15, 0.2) is 0 Å². The van der Waals surface area contributed by atoms with Crippen LogP contribution in [0.4, 0.5) is 0 Å². The molecule has 0 aliphatic carbocycles. The van der Waals surface area contributed by atoms with E-state index in [1.807, 2.05) is 0 Å². The first-order valence-electron chi connectivity index (χ1n) is 6.01. The SMILES string of the molecule is CC(C)CN(C)C[C@H]1OCCN(C)[C@@H]1C. The summed E-state index contributed by atoms with van der Waals surface area (Å²) in [6.45, 7) is 10.9. The van der Waals surface area contributed by atoms with Crippen LogP contribution < -0.4 is 0 Å². The fraction of sp³-hybridized carbons (Fsp3) is 1.00. The highest BCUT2D eigenvalue weighted by atomic mass is 16.5. The number of hydrogen-bond acceptors (Lipinski definition) is 3. The Bertz CT molecular complexity index is 184. The summed E-state index contributed by atoms with van der Waals surface area (Å²) in [6.07, 6.45) is 0.368. The molecule has 0 amide bonds. The minimum absolute atomic E-state index is 0.368. The van der Waals surface area contributed by atoms with E-state index in [2.05, 4.69) is 44.7 Å². The van der Waals surface area contributed by atoms with E-state index in [9.17, 15) is 0 Å². The van der Waals surface area contributed by atoms with E-state index in [0.29, 0.717) is 12.1 Å². The first-order chi connectivity index (χ1) is 7.00. The Morgan fingerprint density at radius 1 is 1.47 bits per heavy atom. The van der Waals surface area contributed by atoms with Crippen molar-refractivity contribution < 1.29 is 4.74 Å². The molecular formula is C12H26N2O. The van der Waals surface area contributed by atoms with Gasteiger partial charge in [-0.1, -0.05) is 13.8 Å². The van der Waals surface area contributed by atoms with Crippen LogP contribution in [0.3, 0.4) is 0 Å². The Morgan fingerprint density at radius 2 is 2.13 bits per heavy atom. The van der Waals surface area contributed by atoms with E-state index in [4.69, 9.17) is 4.74 Å². The molecule has 0 spiro atoms. The highest BCUT2D eigenvalue weighted by Crippen LogP contribution is 2.13. The van der Waals surface area contributed by atoms with Crippen molar-refractivity contribution >= 4 is 0 Å². The van der Waals surface area contributed by atoms with Crippen molar-refractivity contribution in [2.45, 2.75) is 32.9 Å². The second-order valence-electron chi connectivity index (χ2n) is 5.25. The Hall–Kier alpha value is -0.120. The lowest BCUT2D eigenvalue weighted by Gasteiger charge is -2.38. The summed E-state index contributed by atoms with van der Waals surface area (Å²) in [6, 6.07) is 0.536. The third kappa shape index (κ3) is 4.09. The van der Waals surface area contributed by atoms with Crippen molar-refractivity contribution in [2.75, 3.05) is 40.3 Å². The molecule has 0 aromatic rings. The molecule has 0 bridgehead atoms. The molecule has 15 heavy (non-hydrogen) atoms. The van der Waals surface area contributed by atoms with Crippen LogP contribution in [-0.2, 0) is 4.74 Å². The summed E-state index contributed by atoms with van der Waals surface area (Å²) in [7, 11) is 4.37. The zero-order valence-electron chi connectivity index (χ0n) is 10.9. The van der Waals surface area contributed by atoms with Gasteiger partial charge >= 0.3 is 0 Å². The average Bonchev–Trinajstić information content (AvgIpc) is 2.11. The molecule has 0 radical (unpaired) electrons. The summed E-state index contributed by atoms with van der Waals surface area (Å²) >= 11 is 0. The Balaban J connectivity index is 2.36. The molecule has 3 heteroatoms. The maximum absolute atomic E-state index is 5.83. The molecule has 0 aromatic carbocycles. The Morgan fingerprint density at radius 3 is 2.73 bits per heavy atom. The van der Waals surface area contributed by atoms with Crippen LogP contribution in [0.15, 0.2) is 0 Å². The third-order valence-electron chi connectivity index (χ3n) is 3.18. The Labute approximate surface area is 94.4 Å². The van der Waals surface area contributed by atoms with E-state index in [1.54, 1.807) is 0 Å². The van der Waals surface area contributed by atoms with Crippen molar-refractivity contribution in [1.82, 2.24) is 9.80 Å². The van der Waals surface area contributed by atoms with E-state index in [1.165, 1.54) is 0 Å². The van der Waals surface area contributed by atoms with Gasteiger partial charge in [-0.3, -0.25) is 4.90 Å². The quantitative estimate of drug-likeness (QED) is 0.701. The van der Waals surface area contributed by atoms with Gasteiger partial charge in [0.2, 0.25) is 0 Å². The zero-order chi connectivity index (χ0) is 11.4. The fourth-order valence-corrected chi connectivity index (χ4v) is 2.19. The summed E-state index contributed by atoms with van der Waals surface area (Å²) in [5.74, 6) is 0.728. The molecule has 2 atom stereocenters. The maximum Gasteiger partial charge on any atom is 0.0854 e. The van der Waals surface area contributed by atoms with E-state index >= 15 is 0 Å². The number of morpholine rings is 1. The van der Waals surface area contributed by atoms with Crippen molar-refractivity contribution in [2.24, 2.45) is 5.92 Å². The van der Waals surface area contributed by atoms with Gasteiger partial charge in [-0.2, -0.15) is 0 Å². The monoisotopic (exact) mass is 214 g/mol. The molecule has 1 heterocycles. The predicted molar refractivity (Wildman–Crippen MR) is 64.2 cm³/mol. The van der Waals surface area contributed by atoms with Crippen LogP contribution in [0.2, 0.25) is 0 Å². The van der Waals surface area contributed by atoms with Gasteiger partial charge < -0.3 is 9.64 Å². The second-order valence-corrected chi connectivity index (χ2v) is 5.25. The minimum atomic E-state index is 0.368. The van der Waals surface area contributed by atoms with Crippen LogP contribution in [0, 0.1) is 5.92 Å². The zero-order valence-corrected chi connectivity index (χ0v) is 10.9. The van der Waals surface area contributed by atoms with Crippen LogP contribution in [0.1, 0.15) is 20.8 Å². The van der Waals surface area contributed by atoms with E-state index in [0.717, 1.165) is 32.2 Å². The van der Waals surface area contributed by atoms with Crippen LogP contribution in [-0.4, -0.2) is 62.3 Å². The number of hydrogen-bond donors (Lipinski definition) is 0. The lowest BCUT2D eigenvalue weighted by Crippen LogP contribution is -2.51. The van der Waals surface area contributed by atoms with Gasteiger partial charge in [0.1, 0.15) is 0 Å². The van der Waals surface area contributed by atoms with Gasteiger partial charge in [0.05, 0.1) is 12.7 Å². The number of rotatable bonds is 4. The van der Waals surface area contributed by atoms with Crippen molar-refractivity contribution in [3.63, 3.8) is 0 Å². The molecule has 1 fully saturated rings. The molecule has 0 aromatic heterocycles. The van der Waals surface area contributed by atoms with Crippen molar-refractivity contribution in [3.8, 4) is 0 Å². The first kappa shape index (κ1) is 12.9. The van der Waals surface area contributed by atoms with Crippen molar-refractivity contribution in [3.05, 3.63) is 0 Å². The fourth-order valence-electron chi connectivity index (χ4n) is 2.19. The molecule has 1 rings (SSSR count). The van der Waals surface area contributed by atoms with E-state index in [-0.39, 0.29) is 0 Å². The molecule has 0 unspecified atom stereocenters. The molecule has 3 nitrogen and oxygen atoms in total. The van der Waals surface area contributed by atoms with Gasteiger partial charge in [-0.05, 0) is 26.9 Å². The Kier molecular flexibility index (Phi) is 5.03. The van der Waals surface area contributed by atoms with Crippen LogP contribution >= 0.6 is 0 Å². The van der Waals surface area contributed by atoms with Gasteiger partial charge in [-0.15, -0.1) is 0 Å². The van der Waals surface area contributed by atoms with Gasteiger partial charge in [0, 0.05) is 25.7 Å². The minimum Gasteiger partial charge on any atom is -0.374 e. The summed E-state index contributed by atoms with van der Waals surface area (Å²) in [5, 5.41) is 0. The number of ether oxygens (including phenoxy) is 1. The number of likely N-dealkylation sites (N-methyl/N-ethyl adjacent to an activating group) is 2. The molecular weight excluding hydrogens is 188 g/mol. The second kappa shape index (κ2) is 5.83. The largest absolute Gasteiger partial charge is 0.374 e. The lowest BCUT2D eigenvalue weighted by molar-refractivity contribution is -0.0666. The van der Waals surface area contributed by atoms with Crippen LogP contribution in [0.5, 0.6) is 0 Å². The summed E-state index contributed by atoms with van der Waals surface area (Å²) < 4.78 is 5.83. The standard InChI is InChI=1S/C12H26N2O/c1-10(2)8-13(4)9-12-11(3)14(5)6-7-15-12/h10-12H,6-9H2,1-5H3/t11-,12-/m1/s1. The highest BCUT2D eigenvalue weighted by molar-refractivity contribution is 4.80. The number of nitrogens with zero attached hydrogens (tertiary/aromatic N) is 2. The molecule has 90 valence electrons. The smallest absolute Gasteiger partial charge is 0.0854 e. The lowest BCUT2D eigenvalue weighted by atomic mass is 10.1. The summed E-state index contributed by atoms with van der Waals surface area (Å²) in [4.78, 5) is 4.77. The van der Waals surface area contributed by atoms with Gasteiger partial charge in [-0.25, -0.2) is 0 Å². The summed E-state index contributed by atoms with van der Waals surface area (Å²) in [5.41, 5.74) is 0. The topological polar surface area (TPSA) is 15.7 Å². The highest BCUT2D eigenvalue weighted by Gasteiger charge is 2.27. The molecule has 0 N–H and O–H groups in total. The van der Waals surface area contributed by atoms with E-state index < -0.39 is 0 Å². The molecule has 0 saturated carbocycles. The predicted octanol–water partition coefficient (Wildman–Crippen LogP) is 1.29. The first-order valence-corrected chi connectivity index (χ1v) is 6.01. The van der Waals surface area contributed by atoms with Gasteiger partial charge in [0.25, 0.3) is 0 Å². The van der Waals surface area contributed by atoms with Crippen molar-refractivity contribution in [1.29, 1.82) is 0 Å². The van der Waals surface area contributed by atoms with Crippen LogP contribution in [0.25, 0.3) is 0 Å². The third-order valence-corrected chi connectivity index (χ3v) is 3.18. The molecule has 1 aliphatic rings. The maximum atomic E-state index is 5.83. The molecule has 1 aliphatic heterocycles.